The largest absolute Gasteiger partial charge is 0.375 e. The molecule has 0 spiro atoms. The Morgan fingerprint density at radius 1 is 1.20 bits per heavy atom. The maximum Gasteiger partial charge on any atom is 0.254 e. The van der Waals surface area contributed by atoms with Crippen molar-refractivity contribution in [1.82, 2.24) is 5.32 Å². The van der Waals surface area contributed by atoms with Crippen LogP contribution in [0.5, 0.6) is 0 Å². The summed E-state index contributed by atoms with van der Waals surface area (Å²) in [5, 5.41) is 2.32. The number of ether oxygens (including phenoxy) is 1. The molecular weight excluding hydrogens is 194 g/mol. The first-order valence-corrected chi connectivity index (χ1v) is 5.27. The van der Waals surface area contributed by atoms with Gasteiger partial charge in [-0.25, -0.2) is 0 Å². The summed E-state index contributed by atoms with van der Waals surface area (Å²) in [6, 6.07) is 0. The van der Waals surface area contributed by atoms with Crippen LogP contribution < -0.4 is 5.32 Å². The summed E-state index contributed by atoms with van der Waals surface area (Å²) < 4.78 is 5.59. The molecule has 2 aliphatic rings. The van der Waals surface area contributed by atoms with Gasteiger partial charge in [-0.3, -0.25) is 14.9 Å². The summed E-state index contributed by atoms with van der Waals surface area (Å²) >= 11 is 0. The summed E-state index contributed by atoms with van der Waals surface area (Å²) in [4.78, 5) is 22.5. The SMILES string of the molecule is CC1CC(=C2CC(=O)NC2=O)CC(C)O1. The lowest BCUT2D eigenvalue weighted by molar-refractivity contribution is -0.124. The zero-order valence-corrected chi connectivity index (χ0v) is 9.00. The first-order chi connectivity index (χ1) is 7.06. The highest BCUT2D eigenvalue weighted by molar-refractivity contribution is 6.13. The van der Waals surface area contributed by atoms with Crippen molar-refractivity contribution in [1.29, 1.82) is 0 Å². The van der Waals surface area contributed by atoms with Gasteiger partial charge in [-0.2, -0.15) is 0 Å². The summed E-state index contributed by atoms with van der Waals surface area (Å²) in [6.45, 7) is 3.98. The minimum atomic E-state index is -0.212. The van der Waals surface area contributed by atoms with E-state index in [1.165, 1.54) is 0 Å². The van der Waals surface area contributed by atoms with E-state index in [-0.39, 0.29) is 30.4 Å². The summed E-state index contributed by atoms with van der Waals surface area (Å²) in [5.74, 6) is -0.398. The molecule has 0 aromatic carbocycles. The molecule has 0 aromatic heterocycles. The maximum absolute atomic E-state index is 11.5. The molecule has 82 valence electrons. The molecule has 2 amide bonds. The Bertz CT molecular complexity index is 334. The second kappa shape index (κ2) is 3.77. The number of carbonyl (C=O) groups excluding carboxylic acids is 2. The fourth-order valence-corrected chi connectivity index (χ4v) is 2.29. The van der Waals surface area contributed by atoms with Crippen LogP contribution in [0, 0.1) is 0 Å². The predicted octanol–water partition coefficient (Wildman–Crippen LogP) is 0.917. The fourth-order valence-electron chi connectivity index (χ4n) is 2.29. The van der Waals surface area contributed by atoms with Gasteiger partial charge in [0.05, 0.1) is 18.6 Å². The molecule has 2 heterocycles. The van der Waals surface area contributed by atoms with Gasteiger partial charge >= 0.3 is 0 Å². The molecule has 0 bridgehead atoms. The molecular formula is C11H15NO3. The van der Waals surface area contributed by atoms with Gasteiger partial charge in [0, 0.05) is 5.57 Å². The molecule has 1 N–H and O–H groups in total. The quantitative estimate of drug-likeness (QED) is 0.476. The van der Waals surface area contributed by atoms with Crippen molar-refractivity contribution in [3.8, 4) is 0 Å². The second-order valence-electron chi connectivity index (χ2n) is 4.30. The van der Waals surface area contributed by atoms with Crippen molar-refractivity contribution in [3.63, 3.8) is 0 Å². The molecule has 2 saturated heterocycles. The Balaban J connectivity index is 2.24. The van der Waals surface area contributed by atoms with E-state index in [9.17, 15) is 9.59 Å². The Hall–Kier alpha value is -1.16. The van der Waals surface area contributed by atoms with Gasteiger partial charge in [0.2, 0.25) is 5.91 Å². The number of rotatable bonds is 0. The highest BCUT2D eigenvalue weighted by Gasteiger charge is 2.30. The first-order valence-electron chi connectivity index (χ1n) is 5.27. The van der Waals surface area contributed by atoms with Crippen LogP contribution in [0.15, 0.2) is 11.1 Å². The van der Waals surface area contributed by atoms with Crippen molar-refractivity contribution < 1.29 is 14.3 Å². The maximum atomic E-state index is 11.5. The van der Waals surface area contributed by atoms with Crippen LogP contribution in [0.1, 0.15) is 33.1 Å². The van der Waals surface area contributed by atoms with E-state index in [0.717, 1.165) is 18.4 Å². The molecule has 4 nitrogen and oxygen atoms in total. The molecule has 4 heteroatoms. The molecule has 15 heavy (non-hydrogen) atoms. The van der Waals surface area contributed by atoms with Crippen LogP contribution in [0.3, 0.4) is 0 Å². The fraction of sp³-hybridized carbons (Fsp3) is 0.636. The van der Waals surface area contributed by atoms with Gasteiger partial charge in [0.25, 0.3) is 5.91 Å². The Kier molecular flexibility index (Phi) is 2.61. The number of hydrogen-bond donors (Lipinski definition) is 1. The zero-order chi connectivity index (χ0) is 11.0. The highest BCUT2D eigenvalue weighted by Crippen LogP contribution is 2.29. The standard InChI is InChI=1S/C11H15NO3/c1-6-3-8(4-7(2)15-6)9-5-10(13)12-11(9)14/h6-7H,3-5H2,1-2H3,(H,12,13,14). The van der Waals surface area contributed by atoms with Gasteiger partial charge in [-0.15, -0.1) is 0 Å². The lowest BCUT2D eigenvalue weighted by Gasteiger charge is -2.28. The van der Waals surface area contributed by atoms with E-state index in [1.54, 1.807) is 0 Å². The number of carbonyl (C=O) groups is 2. The lowest BCUT2D eigenvalue weighted by atomic mass is 9.93. The number of imide groups is 1. The third-order valence-corrected chi connectivity index (χ3v) is 2.82. The van der Waals surface area contributed by atoms with Crippen molar-refractivity contribution in [2.75, 3.05) is 0 Å². The Labute approximate surface area is 88.7 Å². The van der Waals surface area contributed by atoms with Gasteiger partial charge in [0.1, 0.15) is 0 Å². The van der Waals surface area contributed by atoms with Crippen LogP contribution in [-0.2, 0) is 14.3 Å². The van der Waals surface area contributed by atoms with E-state index >= 15 is 0 Å². The normalized spacial score (nSPS) is 32.1. The van der Waals surface area contributed by atoms with Crippen LogP contribution in [0.2, 0.25) is 0 Å². The van der Waals surface area contributed by atoms with E-state index in [2.05, 4.69) is 5.32 Å². The third kappa shape index (κ3) is 2.09. The average Bonchev–Trinajstić information content (AvgIpc) is 2.43. The monoisotopic (exact) mass is 209 g/mol. The number of nitrogens with one attached hydrogen (secondary N) is 1. The van der Waals surface area contributed by atoms with E-state index in [0.29, 0.717) is 5.57 Å². The molecule has 0 aromatic rings. The smallest absolute Gasteiger partial charge is 0.254 e. The van der Waals surface area contributed by atoms with Crippen LogP contribution in [0.25, 0.3) is 0 Å². The minimum absolute atomic E-state index is 0.139. The van der Waals surface area contributed by atoms with Gasteiger partial charge in [0.15, 0.2) is 0 Å². The van der Waals surface area contributed by atoms with Crippen molar-refractivity contribution in [3.05, 3.63) is 11.1 Å². The predicted molar refractivity (Wildman–Crippen MR) is 54.0 cm³/mol. The second-order valence-corrected chi connectivity index (χ2v) is 4.30. The van der Waals surface area contributed by atoms with Crippen LogP contribution in [0.4, 0.5) is 0 Å². The number of amides is 2. The average molecular weight is 209 g/mol. The van der Waals surface area contributed by atoms with E-state index in [1.807, 2.05) is 13.8 Å². The van der Waals surface area contributed by atoms with E-state index < -0.39 is 0 Å². The zero-order valence-electron chi connectivity index (χ0n) is 9.00. The highest BCUT2D eigenvalue weighted by atomic mass is 16.5. The van der Waals surface area contributed by atoms with Crippen molar-refractivity contribution >= 4 is 11.8 Å². The molecule has 2 fully saturated rings. The van der Waals surface area contributed by atoms with Gasteiger partial charge < -0.3 is 4.74 Å². The van der Waals surface area contributed by atoms with Gasteiger partial charge in [-0.1, -0.05) is 5.57 Å². The number of hydrogen-bond acceptors (Lipinski definition) is 3. The van der Waals surface area contributed by atoms with Crippen LogP contribution >= 0.6 is 0 Å². The Morgan fingerprint density at radius 3 is 2.27 bits per heavy atom. The topological polar surface area (TPSA) is 55.4 Å². The molecule has 2 aliphatic heterocycles. The van der Waals surface area contributed by atoms with Crippen LogP contribution in [-0.4, -0.2) is 24.0 Å². The summed E-state index contributed by atoms with van der Waals surface area (Å²) in [5.41, 5.74) is 1.76. The summed E-state index contributed by atoms with van der Waals surface area (Å²) in [6.07, 6.45) is 2.05. The van der Waals surface area contributed by atoms with Crippen molar-refractivity contribution in [2.45, 2.75) is 45.3 Å². The van der Waals surface area contributed by atoms with Crippen molar-refractivity contribution in [2.24, 2.45) is 0 Å². The van der Waals surface area contributed by atoms with Gasteiger partial charge in [-0.05, 0) is 26.7 Å². The molecule has 2 rings (SSSR count). The Morgan fingerprint density at radius 2 is 1.80 bits per heavy atom. The third-order valence-electron chi connectivity index (χ3n) is 2.82. The lowest BCUT2D eigenvalue weighted by Crippen LogP contribution is -2.26. The first kappa shape index (κ1) is 10.4. The molecule has 2 unspecified atom stereocenters. The molecule has 0 saturated carbocycles. The summed E-state index contributed by atoms with van der Waals surface area (Å²) in [7, 11) is 0. The molecule has 0 aliphatic carbocycles. The molecule has 0 radical (unpaired) electrons. The van der Waals surface area contributed by atoms with E-state index in [4.69, 9.17) is 4.74 Å². The minimum Gasteiger partial charge on any atom is -0.375 e. The molecule has 2 atom stereocenters.